The van der Waals surface area contributed by atoms with Crippen LogP contribution in [0.4, 0.5) is 27.0 Å². The van der Waals surface area contributed by atoms with Gasteiger partial charge in [-0.05, 0) is 122 Å². The van der Waals surface area contributed by atoms with Crippen LogP contribution < -0.4 is 20.0 Å². The minimum Gasteiger partial charge on any atom is -0.444 e. The summed E-state index contributed by atoms with van der Waals surface area (Å²) in [6, 6.07) is 5.54. The van der Waals surface area contributed by atoms with E-state index in [9.17, 15) is 24.0 Å². The highest BCUT2D eigenvalue weighted by molar-refractivity contribution is 6.31. The van der Waals surface area contributed by atoms with Crippen LogP contribution in [0.1, 0.15) is 159 Å². The van der Waals surface area contributed by atoms with E-state index in [-0.39, 0.29) is 103 Å². The number of halogens is 6. The average molecular weight is 1280 g/mol. The van der Waals surface area contributed by atoms with E-state index >= 15 is 0 Å². The Kier molecular flexibility index (Phi) is 31.3. The molecule has 0 aliphatic carbocycles. The molecule has 0 unspecified atom stereocenters. The lowest BCUT2D eigenvalue weighted by Gasteiger charge is -2.39. The van der Waals surface area contributed by atoms with Crippen molar-refractivity contribution < 1.29 is 33.4 Å². The minimum absolute atomic E-state index is 0. The van der Waals surface area contributed by atoms with Crippen LogP contribution in [-0.2, 0) is 23.9 Å². The van der Waals surface area contributed by atoms with Gasteiger partial charge in [0.1, 0.15) is 28.7 Å². The molecule has 5 amide bonds. The molecular weight excluding hydrogens is 1190 g/mol. The number of amides is 5. The first-order valence-corrected chi connectivity index (χ1v) is 29.1. The van der Waals surface area contributed by atoms with E-state index in [0.29, 0.717) is 67.4 Å². The van der Waals surface area contributed by atoms with Gasteiger partial charge in [-0.15, -0.1) is 37.2 Å². The maximum Gasteiger partial charge on any atom is 0.410 e. The standard InChI is InChI=1S/2C21H33ClN4O3.C16H25ClN4O.3ClH/c2*1-14(2)26(16(4)27)15(3)18-12-17(22)13-23-19(18)24-8-10-25(11-9-24)20(28)29-21(5,6)7;1-11(2)21(13(4)22)12(3)15-9-14(17)10-19-16(15)20-7-5-18-6-8-20;;;/h2*12-15H,8-11H2,1-7H3;9-12,18H,5-8H2,1-4H3;3*1H/t2*15-;12-;;;/m101.../s1. The van der Waals surface area contributed by atoms with Gasteiger partial charge in [-0.1, -0.05) is 34.8 Å². The quantitative estimate of drug-likeness (QED) is 0.181. The number of hydrogen-bond acceptors (Lipinski definition) is 14. The molecule has 1 N–H and O–H groups in total. The lowest BCUT2D eigenvalue weighted by Crippen LogP contribution is -2.50. The number of pyridine rings is 3. The molecule has 3 aliphatic rings. The predicted octanol–water partition coefficient (Wildman–Crippen LogP) is 11.9. The van der Waals surface area contributed by atoms with Crippen LogP contribution in [0.15, 0.2) is 36.8 Å². The Bertz CT molecular complexity index is 2440. The number of carbonyl (C=O) groups is 5. The van der Waals surface area contributed by atoms with Crippen LogP contribution in [0.25, 0.3) is 0 Å². The van der Waals surface area contributed by atoms with Crippen LogP contribution >= 0.6 is 72.0 Å². The van der Waals surface area contributed by atoms with Gasteiger partial charge in [-0.25, -0.2) is 24.5 Å². The van der Waals surface area contributed by atoms with Crippen molar-refractivity contribution in [2.24, 2.45) is 0 Å². The molecule has 3 aromatic rings. The van der Waals surface area contributed by atoms with Crippen molar-refractivity contribution in [1.29, 1.82) is 0 Å². The molecule has 0 spiro atoms. The molecule has 19 nitrogen and oxygen atoms in total. The Morgan fingerprint density at radius 1 is 0.458 bits per heavy atom. The number of nitrogens with one attached hydrogen (secondary N) is 1. The summed E-state index contributed by atoms with van der Waals surface area (Å²) in [7, 11) is 0. The molecule has 0 bridgehead atoms. The molecule has 0 aromatic carbocycles. The van der Waals surface area contributed by atoms with Crippen molar-refractivity contribution >= 4 is 119 Å². The van der Waals surface area contributed by atoms with Gasteiger partial charge in [0.25, 0.3) is 0 Å². The fourth-order valence-corrected chi connectivity index (χ4v) is 11.0. The van der Waals surface area contributed by atoms with E-state index in [2.05, 4.69) is 35.0 Å². The maximum atomic E-state index is 12.3. The molecule has 3 aliphatic heterocycles. The first-order valence-electron chi connectivity index (χ1n) is 28.0. The number of hydrogen-bond donors (Lipinski definition) is 1. The zero-order chi connectivity index (χ0) is 60.1. The first-order chi connectivity index (χ1) is 37.2. The van der Waals surface area contributed by atoms with Gasteiger partial charge in [-0.3, -0.25) is 14.4 Å². The smallest absolute Gasteiger partial charge is 0.410 e. The first kappa shape index (κ1) is 76.5. The summed E-state index contributed by atoms with van der Waals surface area (Å²) >= 11 is 18.6. The summed E-state index contributed by atoms with van der Waals surface area (Å²) in [6.45, 7) is 42.5. The van der Waals surface area contributed by atoms with Crippen LogP contribution in [-0.4, -0.2) is 177 Å². The summed E-state index contributed by atoms with van der Waals surface area (Å²) in [5.74, 6) is 2.62. The fourth-order valence-electron chi connectivity index (χ4n) is 10.5. The lowest BCUT2D eigenvalue weighted by molar-refractivity contribution is -0.133. The lowest BCUT2D eigenvalue weighted by atomic mass is 10.0. The summed E-state index contributed by atoms with van der Waals surface area (Å²) < 4.78 is 10.9. The van der Waals surface area contributed by atoms with Crippen LogP contribution in [0.2, 0.25) is 15.1 Å². The van der Waals surface area contributed by atoms with Crippen molar-refractivity contribution in [3.8, 4) is 0 Å². The molecule has 83 heavy (non-hydrogen) atoms. The van der Waals surface area contributed by atoms with E-state index in [0.717, 1.165) is 60.3 Å². The zero-order valence-corrected chi connectivity index (χ0v) is 56.8. The SMILES string of the molecule is CC(=O)N(C(C)C)[C@@H](C)c1cc(Cl)cnc1N1CCN(C(=O)OC(C)(C)C)CC1.CC(=O)N(C(C)C)[C@H](C)c1cc(Cl)cnc1N1CCN(C(=O)OC(C)(C)C)CC1.CC(=O)N(C(C)C)[C@H](C)c1cc(Cl)cnc1N1CCNCC1.Cl.Cl.Cl. The van der Waals surface area contributed by atoms with Gasteiger partial charge < -0.3 is 54.0 Å². The Labute approximate surface area is 528 Å². The van der Waals surface area contributed by atoms with Crippen molar-refractivity contribution in [2.75, 3.05) is 93.2 Å². The molecule has 25 heteroatoms. The van der Waals surface area contributed by atoms with Gasteiger partial charge in [0, 0.05) is 153 Å². The van der Waals surface area contributed by atoms with Gasteiger partial charge >= 0.3 is 12.2 Å². The Morgan fingerprint density at radius 3 is 0.916 bits per heavy atom. The highest BCUT2D eigenvalue weighted by atomic mass is 35.5. The van der Waals surface area contributed by atoms with Crippen LogP contribution in [0.5, 0.6) is 0 Å². The van der Waals surface area contributed by atoms with Gasteiger partial charge in [0.15, 0.2) is 0 Å². The van der Waals surface area contributed by atoms with E-state index in [1.54, 1.807) is 49.2 Å². The number of ether oxygens (including phenoxy) is 2. The topological polar surface area (TPSA) is 180 Å². The molecule has 470 valence electrons. The highest BCUT2D eigenvalue weighted by Gasteiger charge is 2.33. The zero-order valence-electron chi connectivity index (χ0n) is 52.0. The van der Waals surface area contributed by atoms with Crippen molar-refractivity contribution in [1.82, 2.24) is 44.8 Å². The van der Waals surface area contributed by atoms with Crippen LogP contribution in [0, 0.1) is 0 Å². The third kappa shape index (κ3) is 22.4. The molecular formula is C58H94Cl6N12O7. The highest BCUT2D eigenvalue weighted by Crippen LogP contribution is 2.36. The second-order valence-corrected chi connectivity index (χ2v) is 24.7. The van der Waals surface area contributed by atoms with E-state index in [1.165, 1.54) is 0 Å². The summed E-state index contributed by atoms with van der Waals surface area (Å²) in [5.41, 5.74) is 1.81. The second-order valence-electron chi connectivity index (χ2n) is 23.4. The predicted molar refractivity (Wildman–Crippen MR) is 343 cm³/mol. The Morgan fingerprint density at radius 2 is 0.699 bits per heavy atom. The van der Waals surface area contributed by atoms with Gasteiger partial charge in [0.2, 0.25) is 17.7 Å². The number of anilines is 3. The van der Waals surface area contributed by atoms with E-state index in [1.807, 2.05) is 137 Å². The number of nitrogens with zero attached hydrogens (tertiary/aromatic N) is 11. The molecule has 6 rings (SSSR count). The molecule has 3 atom stereocenters. The fraction of sp³-hybridized carbons (Fsp3) is 0.655. The van der Waals surface area contributed by atoms with Crippen molar-refractivity contribution in [2.45, 2.75) is 172 Å². The molecule has 3 aromatic heterocycles. The number of rotatable bonds is 12. The number of carbonyl (C=O) groups excluding carboxylic acids is 5. The average Bonchev–Trinajstić information content (AvgIpc) is 3.40. The van der Waals surface area contributed by atoms with Crippen LogP contribution in [0.3, 0.4) is 0 Å². The van der Waals surface area contributed by atoms with E-state index in [4.69, 9.17) is 44.3 Å². The molecule has 0 saturated carbocycles. The summed E-state index contributed by atoms with van der Waals surface area (Å²) in [5, 5.41) is 5.02. The summed E-state index contributed by atoms with van der Waals surface area (Å²) in [4.78, 5) is 90.3. The van der Waals surface area contributed by atoms with Crippen molar-refractivity contribution in [3.63, 3.8) is 0 Å². The third-order valence-corrected chi connectivity index (χ3v) is 14.4. The van der Waals surface area contributed by atoms with Gasteiger partial charge in [-0.2, -0.15) is 0 Å². The monoisotopic (exact) mass is 1280 g/mol. The Balaban J connectivity index is 0.000000618. The third-order valence-electron chi connectivity index (χ3n) is 13.8. The Hall–Kier alpha value is -4.50. The van der Waals surface area contributed by atoms with Gasteiger partial charge in [0.05, 0.1) is 33.2 Å². The maximum absolute atomic E-state index is 12.3. The molecule has 3 fully saturated rings. The molecule has 3 saturated heterocycles. The minimum atomic E-state index is -0.512. The number of piperazine rings is 3. The van der Waals surface area contributed by atoms with Crippen molar-refractivity contribution in [3.05, 3.63) is 68.5 Å². The normalized spacial score (nSPS) is 15.6. The number of aromatic nitrogens is 3. The van der Waals surface area contributed by atoms with E-state index < -0.39 is 11.2 Å². The second kappa shape index (κ2) is 34.0. The molecule has 0 radical (unpaired) electrons. The largest absolute Gasteiger partial charge is 0.444 e. The summed E-state index contributed by atoms with van der Waals surface area (Å²) in [6.07, 6.45) is 4.35. The molecule has 6 heterocycles.